The van der Waals surface area contributed by atoms with Crippen molar-refractivity contribution in [3.05, 3.63) is 0 Å². The van der Waals surface area contributed by atoms with Crippen molar-refractivity contribution >= 4 is 16.1 Å². The van der Waals surface area contributed by atoms with Crippen LogP contribution in [0.2, 0.25) is 0 Å². The molecule has 0 amide bonds. The van der Waals surface area contributed by atoms with E-state index < -0.39 is 28.1 Å². The Morgan fingerprint density at radius 3 is 2.19 bits per heavy atom. The molecule has 6 heteroatoms. The Morgan fingerprint density at radius 2 is 1.88 bits per heavy atom. The Morgan fingerprint density at radius 1 is 1.31 bits per heavy atom. The van der Waals surface area contributed by atoms with Gasteiger partial charge < -0.3 is 4.74 Å². The van der Waals surface area contributed by atoms with E-state index in [0.29, 0.717) is 12.8 Å². The number of ether oxygens (including phenoxy) is 1. The highest BCUT2D eigenvalue weighted by Gasteiger charge is 2.30. The maximum atomic E-state index is 11.5. The molecule has 0 aliphatic heterocycles. The third-order valence-electron chi connectivity index (χ3n) is 2.25. The molecule has 0 saturated carbocycles. The first-order chi connectivity index (χ1) is 7.35. The average molecular weight is 252 g/mol. The largest absolute Gasteiger partial charge is 0.469 e. The summed E-state index contributed by atoms with van der Waals surface area (Å²) in [5.74, 6) is -0.938. The average Bonchev–Trinajstić information content (AvgIpc) is 2.20. The molecule has 0 radical (unpaired) electrons. The van der Waals surface area contributed by atoms with Gasteiger partial charge in [-0.15, -0.1) is 0 Å². The van der Waals surface area contributed by atoms with Crippen molar-refractivity contribution in [3.63, 3.8) is 0 Å². The highest BCUT2D eigenvalue weighted by Crippen LogP contribution is 2.20. The fourth-order valence-corrected chi connectivity index (χ4v) is 2.28. The topological polar surface area (TPSA) is 69.7 Å². The van der Waals surface area contributed by atoms with Crippen molar-refractivity contribution in [1.82, 2.24) is 0 Å². The zero-order valence-electron chi connectivity index (χ0n) is 10.2. The molecule has 0 N–H and O–H groups in total. The number of methoxy groups -OCH3 is 1. The molecule has 0 rings (SSSR count). The monoisotopic (exact) mass is 252 g/mol. The standard InChI is InChI=1S/C10H20O5S/c1-5-7-8(10(11)14-3)9(6-2)15-16(4,12)13/h8-9H,5-7H2,1-4H3. The third kappa shape index (κ3) is 5.46. The number of rotatable bonds is 7. The molecular formula is C10H20O5S. The van der Waals surface area contributed by atoms with Crippen LogP contribution < -0.4 is 0 Å². The normalized spacial score (nSPS) is 15.5. The van der Waals surface area contributed by atoms with Crippen molar-refractivity contribution in [3.8, 4) is 0 Å². The number of carbonyl (C=O) groups excluding carboxylic acids is 1. The second-order valence-electron chi connectivity index (χ2n) is 3.67. The van der Waals surface area contributed by atoms with E-state index in [-0.39, 0.29) is 0 Å². The van der Waals surface area contributed by atoms with Crippen LogP contribution in [0.15, 0.2) is 0 Å². The zero-order chi connectivity index (χ0) is 12.8. The molecule has 96 valence electrons. The maximum absolute atomic E-state index is 11.5. The molecule has 0 aromatic rings. The predicted molar refractivity (Wildman–Crippen MR) is 60.4 cm³/mol. The predicted octanol–water partition coefficient (Wildman–Crippen LogP) is 1.33. The Labute approximate surface area is 97.2 Å². The van der Waals surface area contributed by atoms with Crippen LogP contribution in [-0.2, 0) is 23.8 Å². The van der Waals surface area contributed by atoms with Crippen LogP contribution >= 0.6 is 0 Å². The summed E-state index contributed by atoms with van der Waals surface area (Å²) in [5.41, 5.74) is 0. The summed E-state index contributed by atoms with van der Waals surface area (Å²) in [6.07, 6.45) is 2.12. The minimum atomic E-state index is -3.55. The van der Waals surface area contributed by atoms with E-state index in [1.165, 1.54) is 7.11 Å². The number of esters is 1. The van der Waals surface area contributed by atoms with E-state index in [1.54, 1.807) is 6.92 Å². The van der Waals surface area contributed by atoms with Crippen LogP contribution in [0, 0.1) is 5.92 Å². The Bertz CT molecular complexity index is 309. The lowest BCUT2D eigenvalue weighted by atomic mass is 9.95. The Kier molecular flexibility index (Phi) is 6.59. The molecule has 0 saturated heterocycles. The van der Waals surface area contributed by atoms with Gasteiger partial charge in [0.15, 0.2) is 0 Å². The van der Waals surface area contributed by atoms with Crippen molar-refractivity contribution in [2.75, 3.05) is 13.4 Å². The van der Waals surface area contributed by atoms with E-state index in [0.717, 1.165) is 12.7 Å². The lowest BCUT2D eigenvalue weighted by Gasteiger charge is -2.22. The summed E-state index contributed by atoms with van der Waals surface area (Å²) in [4.78, 5) is 11.5. The van der Waals surface area contributed by atoms with Crippen LogP contribution in [0.5, 0.6) is 0 Å². The van der Waals surface area contributed by atoms with Gasteiger partial charge in [-0.1, -0.05) is 20.3 Å². The van der Waals surface area contributed by atoms with E-state index in [4.69, 9.17) is 4.18 Å². The summed E-state index contributed by atoms with van der Waals surface area (Å²) in [6, 6.07) is 0. The summed E-state index contributed by atoms with van der Waals surface area (Å²) < 4.78 is 31.6. The van der Waals surface area contributed by atoms with Gasteiger partial charge in [-0.25, -0.2) is 0 Å². The molecular weight excluding hydrogens is 232 g/mol. The quantitative estimate of drug-likeness (QED) is 0.505. The SMILES string of the molecule is CCCC(C(=O)OC)C(CC)OS(C)(=O)=O. The second-order valence-corrected chi connectivity index (χ2v) is 5.27. The van der Waals surface area contributed by atoms with Crippen molar-refractivity contribution in [2.24, 2.45) is 5.92 Å². The maximum Gasteiger partial charge on any atom is 0.311 e. The van der Waals surface area contributed by atoms with Crippen LogP contribution in [0.4, 0.5) is 0 Å². The fraction of sp³-hybridized carbons (Fsp3) is 0.900. The molecule has 0 aliphatic rings. The summed E-state index contributed by atoms with van der Waals surface area (Å²) in [7, 11) is -2.26. The molecule has 0 aromatic carbocycles. The van der Waals surface area contributed by atoms with Crippen molar-refractivity contribution in [1.29, 1.82) is 0 Å². The first kappa shape index (κ1) is 15.4. The Balaban J connectivity index is 4.77. The van der Waals surface area contributed by atoms with E-state index in [2.05, 4.69) is 4.74 Å². The van der Waals surface area contributed by atoms with Gasteiger partial charge in [0.1, 0.15) is 0 Å². The zero-order valence-corrected chi connectivity index (χ0v) is 11.0. The van der Waals surface area contributed by atoms with Gasteiger partial charge in [-0.2, -0.15) is 8.42 Å². The van der Waals surface area contributed by atoms with Crippen LogP contribution in [-0.4, -0.2) is 33.9 Å². The molecule has 0 bridgehead atoms. The first-order valence-corrected chi connectivity index (χ1v) is 7.13. The van der Waals surface area contributed by atoms with Crippen LogP contribution in [0.25, 0.3) is 0 Å². The van der Waals surface area contributed by atoms with Gasteiger partial charge in [-0.05, 0) is 12.8 Å². The van der Waals surface area contributed by atoms with E-state index in [1.807, 2.05) is 6.92 Å². The molecule has 0 aliphatic carbocycles. The molecule has 0 spiro atoms. The second kappa shape index (κ2) is 6.85. The van der Waals surface area contributed by atoms with Crippen LogP contribution in [0.3, 0.4) is 0 Å². The van der Waals surface area contributed by atoms with Gasteiger partial charge in [0.05, 0.1) is 25.4 Å². The molecule has 16 heavy (non-hydrogen) atoms. The number of hydrogen-bond acceptors (Lipinski definition) is 5. The number of hydrogen-bond donors (Lipinski definition) is 0. The van der Waals surface area contributed by atoms with Gasteiger partial charge in [-0.3, -0.25) is 8.98 Å². The molecule has 2 atom stereocenters. The first-order valence-electron chi connectivity index (χ1n) is 5.31. The summed E-state index contributed by atoms with van der Waals surface area (Å²) >= 11 is 0. The molecule has 0 fully saturated rings. The molecule has 2 unspecified atom stereocenters. The summed E-state index contributed by atoms with van der Waals surface area (Å²) in [6.45, 7) is 3.70. The van der Waals surface area contributed by atoms with E-state index in [9.17, 15) is 13.2 Å². The smallest absolute Gasteiger partial charge is 0.311 e. The third-order valence-corrected chi connectivity index (χ3v) is 2.85. The van der Waals surface area contributed by atoms with E-state index >= 15 is 0 Å². The molecule has 0 aromatic heterocycles. The van der Waals surface area contributed by atoms with Gasteiger partial charge >= 0.3 is 5.97 Å². The van der Waals surface area contributed by atoms with Crippen molar-refractivity contribution in [2.45, 2.75) is 39.2 Å². The fourth-order valence-electron chi connectivity index (χ4n) is 1.56. The summed E-state index contributed by atoms with van der Waals surface area (Å²) in [5, 5.41) is 0. The minimum absolute atomic E-state index is 0.419. The highest BCUT2D eigenvalue weighted by molar-refractivity contribution is 7.86. The molecule has 0 heterocycles. The van der Waals surface area contributed by atoms with Gasteiger partial charge in [0.25, 0.3) is 10.1 Å². The van der Waals surface area contributed by atoms with Gasteiger partial charge in [0.2, 0.25) is 0 Å². The van der Waals surface area contributed by atoms with Crippen LogP contribution in [0.1, 0.15) is 33.1 Å². The lowest BCUT2D eigenvalue weighted by Crippen LogP contribution is -2.32. The Hall–Kier alpha value is -0.620. The van der Waals surface area contributed by atoms with Gasteiger partial charge in [0, 0.05) is 0 Å². The van der Waals surface area contributed by atoms with Crippen molar-refractivity contribution < 1.29 is 22.1 Å². The minimum Gasteiger partial charge on any atom is -0.469 e. The number of carbonyl (C=O) groups is 1. The molecule has 5 nitrogen and oxygen atoms in total. The highest BCUT2D eigenvalue weighted by atomic mass is 32.2. The lowest BCUT2D eigenvalue weighted by molar-refractivity contribution is -0.149.